The molecule has 2 aromatic carbocycles. The number of imidazole rings is 1. The van der Waals surface area contributed by atoms with Gasteiger partial charge in [0.15, 0.2) is 5.65 Å². The molecule has 0 atom stereocenters. The Morgan fingerprint density at radius 3 is 2.26 bits per heavy atom. The molecule has 0 aliphatic heterocycles. The highest BCUT2D eigenvalue weighted by atomic mass is 15.2. The monoisotopic (exact) mass is 356 g/mol. The van der Waals surface area contributed by atoms with Crippen LogP contribution in [0.15, 0.2) is 67.0 Å². The standard InChI is InChI=1S/C23H24N4/c1-16-10-12-17(13-11-16)19-15-27-20(14-24-19)25-21(18-8-6-5-7-9-18)22(27)26-23(2,3)4/h5-15,26H,1-4H3. The van der Waals surface area contributed by atoms with Crippen LogP contribution in [-0.2, 0) is 0 Å². The van der Waals surface area contributed by atoms with E-state index in [4.69, 9.17) is 4.98 Å². The molecule has 0 amide bonds. The number of fused-ring (bicyclic) bond motifs is 1. The van der Waals surface area contributed by atoms with E-state index in [2.05, 4.69) is 85.0 Å². The molecule has 4 heteroatoms. The maximum Gasteiger partial charge on any atom is 0.157 e. The largest absolute Gasteiger partial charge is 0.365 e. The van der Waals surface area contributed by atoms with Crippen LogP contribution in [0.4, 0.5) is 5.82 Å². The van der Waals surface area contributed by atoms with Gasteiger partial charge in [-0.3, -0.25) is 9.38 Å². The van der Waals surface area contributed by atoms with Gasteiger partial charge in [0.1, 0.15) is 11.5 Å². The Morgan fingerprint density at radius 1 is 0.889 bits per heavy atom. The Hall–Kier alpha value is -3.14. The van der Waals surface area contributed by atoms with E-state index in [1.54, 1.807) is 0 Å². The second-order valence-electron chi connectivity index (χ2n) is 7.92. The molecule has 27 heavy (non-hydrogen) atoms. The van der Waals surface area contributed by atoms with Gasteiger partial charge >= 0.3 is 0 Å². The van der Waals surface area contributed by atoms with E-state index in [1.165, 1.54) is 5.56 Å². The minimum absolute atomic E-state index is 0.0905. The predicted octanol–water partition coefficient (Wildman–Crippen LogP) is 5.58. The van der Waals surface area contributed by atoms with E-state index in [0.29, 0.717) is 0 Å². The predicted molar refractivity (Wildman–Crippen MR) is 112 cm³/mol. The third-order valence-electron chi connectivity index (χ3n) is 4.40. The molecule has 2 aromatic heterocycles. The fourth-order valence-corrected chi connectivity index (χ4v) is 3.10. The summed E-state index contributed by atoms with van der Waals surface area (Å²) in [6, 6.07) is 18.7. The number of hydrogen-bond donors (Lipinski definition) is 1. The first-order valence-electron chi connectivity index (χ1n) is 9.19. The molecule has 4 nitrogen and oxygen atoms in total. The zero-order chi connectivity index (χ0) is 19.0. The second kappa shape index (κ2) is 6.54. The van der Waals surface area contributed by atoms with Crippen molar-refractivity contribution in [3.8, 4) is 22.5 Å². The molecule has 1 N–H and O–H groups in total. The van der Waals surface area contributed by atoms with Crippen LogP contribution >= 0.6 is 0 Å². The second-order valence-corrected chi connectivity index (χ2v) is 7.92. The Labute approximate surface area is 159 Å². The molecule has 4 rings (SSSR count). The Balaban J connectivity index is 1.91. The Morgan fingerprint density at radius 2 is 1.59 bits per heavy atom. The fraction of sp³-hybridized carbons (Fsp3) is 0.217. The number of hydrogen-bond acceptors (Lipinski definition) is 3. The molecular formula is C23H24N4. The van der Waals surface area contributed by atoms with Crippen LogP contribution in [0.5, 0.6) is 0 Å². The minimum atomic E-state index is -0.0905. The lowest BCUT2D eigenvalue weighted by atomic mass is 10.1. The summed E-state index contributed by atoms with van der Waals surface area (Å²) < 4.78 is 2.11. The average molecular weight is 356 g/mol. The normalized spacial score (nSPS) is 11.7. The van der Waals surface area contributed by atoms with Crippen molar-refractivity contribution >= 4 is 11.5 Å². The summed E-state index contributed by atoms with van der Waals surface area (Å²) in [5.41, 5.74) is 6.03. The molecule has 0 aliphatic rings. The van der Waals surface area contributed by atoms with E-state index in [-0.39, 0.29) is 5.54 Å². The maximum absolute atomic E-state index is 4.85. The third kappa shape index (κ3) is 3.56. The number of nitrogens with one attached hydrogen (secondary N) is 1. The van der Waals surface area contributed by atoms with Crippen LogP contribution in [0.2, 0.25) is 0 Å². The van der Waals surface area contributed by atoms with Crippen molar-refractivity contribution in [1.82, 2.24) is 14.4 Å². The summed E-state index contributed by atoms with van der Waals surface area (Å²) in [4.78, 5) is 9.49. The topological polar surface area (TPSA) is 42.2 Å². The average Bonchev–Trinajstić information content (AvgIpc) is 2.99. The van der Waals surface area contributed by atoms with E-state index in [9.17, 15) is 0 Å². The molecular weight excluding hydrogens is 332 g/mol. The number of aromatic nitrogens is 3. The van der Waals surface area contributed by atoms with Gasteiger partial charge in [-0.05, 0) is 27.7 Å². The third-order valence-corrected chi connectivity index (χ3v) is 4.40. The number of anilines is 1. The highest BCUT2D eigenvalue weighted by molar-refractivity contribution is 5.77. The molecule has 0 fully saturated rings. The van der Waals surface area contributed by atoms with Crippen LogP contribution in [0, 0.1) is 6.92 Å². The first-order valence-corrected chi connectivity index (χ1v) is 9.19. The van der Waals surface area contributed by atoms with Gasteiger partial charge in [-0.2, -0.15) is 0 Å². The molecule has 4 aromatic rings. The van der Waals surface area contributed by atoms with Crippen molar-refractivity contribution in [3.05, 3.63) is 72.6 Å². The van der Waals surface area contributed by atoms with Crippen molar-refractivity contribution in [1.29, 1.82) is 0 Å². The first-order chi connectivity index (χ1) is 12.9. The van der Waals surface area contributed by atoms with Crippen LogP contribution in [0.1, 0.15) is 26.3 Å². The number of nitrogens with zero attached hydrogens (tertiary/aromatic N) is 3. The zero-order valence-electron chi connectivity index (χ0n) is 16.2. The lowest BCUT2D eigenvalue weighted by molar-refractivity contribution is 0.629. The van der Waals surface area contributed by atoms with Crippen molar-refractivity contribution in [3.63, 3.8) is 0 Å². The van der Waals surface area contributed by atoms with Crippen molar-refractivity contribution in [2.24, 2.45) is 0 Å². The number of benzene rings is 2. The summed E-state index contributed by atoms with van der Waals surface area (Å²) in [5.74, 6) is 0.986. The zero-order valence-corrected chi connectivity index (χ0v) is 16.2. The van der Waals surface area contributed by atoms with Gasteiger partial charge in [0, 0.05) is 22.9 Å². The highest BCUT2D eigenvalue weighted by Gasteiger charge is 2.19. The summed E-state index contributed by atoms with van der Waals surface area (Å²) >= 11 is 0. The minimum Gasteiger partial charge on any atom is -0.365 e. The molecule has 0 bridgehead atoms. The number of rotatable bonds is 3. The van der Waals surface area contributed by atoms with Gasteiger partial charge in [0.2, 0.25) is 0 Å². The van der Waals surface area contributed by atoms with Crippen LogP contribution < -0.4 is 5.32 Å². The SMILES string of the molecule is Cc1ccc(-c2cn3c(NC(C)(C)C)c(-c4ccccc4)nc3cn2)cc1. The summed E-state index contributed by atoms with van der Waals surface area (Å²) in [7, 11) is 0. The Kier molecular flexibility index (Phi) is 4.19. The first kappa shape index (κ1) is 17.3. The van der Waals surface area contributed by atoms with Crippen LogP contribution in [0.3, 0.4) is 0 Å². The summed E-state index contributed by atoms with van der Waals surface area (Å²) in [5, 5.41) is 3.63. The lowest BCUT2D eigenvalue weighted by Crippen LogP contribution is -2.27. The molecule has 0 saturated heterocycles. The molecule has 0 radical (unpaired) electrons. The molecule has 2 heterocycles. The lowest BCUT2D eigenvalue weighted by Gasteiger charge is -2.22. The highest BCUT2D eigenvalue weighted by Crippen LogP contribution is 2.31. The van der Waals surface area contributed by atoms with Crippen molar-refractivity contribution < 1.29 is 0 Å². The molecule has 0 saturated carbocycles. The van der Waals surface area contributed by atoms with Gasteiger partial charge in [0.25, 0.3) is 0 Å². The summed E-state index contributed by atoms with van der Waals surface area (Å²) in [6.45, 7) is 8.56. The summed E-state index contributed by atoms with van der Waals surface area (Å²) in [6.07, 6.45) is 3.91. The van der Waals surface area contributed by atoms with Crippen molar-refractivity contribution in [2.45, 2.75) is 33.2 Å². The van der Waals surface area contributed by atoms with Crippen LogP contribution in [-0.4, -0.2) is 19.9 Å². The van der Waals surface area contributed by atoms with Gasteiger partial charge < -0.3 is 5.32 Å². The number of aryl methyl sites for hydroxylation is 1. The Bertz CT molecular complexity index is 1070. The molecule has 136 valence electrons. The smallest absolute Gasteiger partial charge is 0.157 e. The van der Waals surface area contributed by atoms with Gasteiger partial charge in [-0.25, -0.2) is 4.98 Å². The van der Waals surface area contributed by atoms with E-state index in [1.807, 2.05) is 24.4 Å². The molecule has 0 spiro atoms. The quantitative estimate of drug-likeness (QED) is 0.521. The van der Waals surface area contributed by atoms with Crippen LogP contribution in [0.25, 0.3) is 28.2 Å². The van der Waals surface area contributed by atoms with E-state index in [0.717, 1.165) is 34.0 Å². The molecule has 0 aliphatic carbocycles. The van der Waals surface area contributed by atoms with Crippen molar-refractivity contribution in [2.75, 3.05) is 5.32 Å². The van der Waals surface area contributed by atoms with E-state index < -0.39 is 0 Å². The van der Waals surface area contributed by atoms with Gasteiger partial charge in [-0.15, -0.1) is 0 Å². The van der Waals surface area contributed by atoms with Gasteiger partial charge in [-0.1, -0.05) is 60.2 Å². The van der Waals surface area contributed by atoms with Gasteiger partial charge in [0.05, 0.1) is 11.9 Å². The maximum atomic E-state index is 4.85. The van der Waals surface area contributed by atoms with E-state index >= 15 is 0 Å². The molecule has 0 unspecified atom stereocenters. The fourth-order valence-electron chi connectivity index (χ4n) is 3.10.